The summed E-state index contributed by atoms with van der Waals surface area (Å²) in [4.78, 5) is 14.9. The zero-order valence-corrected chi connectivity index (χ0v) is 18.4. The van der Waals surface area contributed by atoms with Gasteiger partial charge in [-0.2, -0.15) is 0 Å². The van der Waals surface area contributed by atoms with E-state index < -0.39 is 0 Å². The number of fused-ring (bicyclic) bond motifs is 1. The molecule has 0 aliphatic carbocycles. The summed E-state index contributed by atoms with van der Waals surface area (Å²) in [6.07, 6.45) is 2.03. The number of hydrogen-bond donors (Lipinski definition) is 0. The van der Waals surface area contributed by atoms with E-state index >= 15 is 0 Å². The van der Waals surface area contributed by atoms with Crippen LogP contribution in [0.3, 0.4) is 0 Å². The molecule has 7 heteroatoms. The van der Waals surface area contributed by atoms with Crippen LogP contribution in [0.5, 0.6) is 5.75 Å². The van der Waals surface area contributed by atoms with Crippen LogP contribution in [-0.2, 0) is 11.2 Å². The van der Waals surface area contributed by atoms with Crippen LogP contribution in [0.1, 0.15) is 31.9 Å². The number of methoxy groups -OCH3 is 1. The van der Waals surface area contributed by atoms with Crippen LogP contribution >= 0.6 is 11.8 Å². The molecular formula is C23H26N4O2S. The Balaban J connectivity index is 1.53. The van der Waals surface area contributed by atoms with Crippen LogP contribution in [0, 0.1) is 0 Å². The Bertz CT molecular complexity index is 1030. The van der Waals surface area contributed by atoms with E-state index in [2.05, 4.69) is 34.7 Å². The van der Waals surface area contributed by atoms with E-state index in [1.807, 2.05) is 47.4 Å². The van der Waals surface area contributed by atoms with E-state index in [1.54, 1.807) is 7.11 Å². The highest BCUT2D eigenvalue weighted by atomic mass is 32.2. The lowest BCUT2D eigenvalue weighted by atomic mass is 10.0. The molecular weight excluding hydrogens is 396 g/mol. The Hall–Kier alpha value is -2.80. The van der Waals surface area contributed by atoms with Crippen LogP contribution in [0.25, 0.3) is 11.4 Å². The van der Waals surface area contributed by atoms with E-state index in [0.29, 0.717) is 5.75 Å². The van der Waals surface area contributed by atoms with Gasteiger partial charge in [-0.25, -0.2) is 0 Å². The van der Waals surface area contributed by atoms with Crippen molar-refractivity contribution in [2.45, 2.75) is 37.9 Å². The predicted molar refractivity (Wildman–Crippen MR) is 120 cm³/mol. The molecule has 1 aliphatic heterocycles. The second-order valence-electron chi connectivity index (χ2n) is 7.56. The van der Waals surface area contributed by atoms with Gasteiger partial charge in [-0.3, -0.25) is 9.36 Å². The second kappa shape index (κ2) is 8.92. The number of para-hydroxylation sites is 1. The number of carbonyl (C=O) groups is 1. The minimum Gasteiger partial charge on any atom is -0.497 e. The molecule has 2 heterocycles. The average molecular weight is 423 g/mol. The summed E-state index contributed by atoms with van der Waals surface area (Å²) < 4.78 is 7.33. The van der Waals surface area contributed by atoms with Gasteiger partial charge in [0.2, 0.25) is 5.91 Å². The van der Waals surface area contributed by atoms with E-state index in [0.717, 1.165) is 47.4 Å². The molecule has 0 N–H and O–H groups in total. The molecule has 1 aromatic heterocycles. The number of benzene rings is 2. The van der Waals surface area contributed by atoms with Crippen molar-refractivity contribution in [3.8, 4) is 17.1 Å². The van der Waals surface area contributed by atoms with Crippen molar-refractivity contribution in [2.75, 3.05) is 24.3 Å². The summed E-state index contributed by atoms with van der Waals surface area (Å²) in [6, 6.07) is 16.1. The van der Waals surface area contributed by atoms with E-state index in [9.17, 15) is 4.79 Å². The number of anilines is 1. The lowest BCUT2D eigenvalue weighted by Gasteiger charge is -2.29. The fourth-order valence-electron chi connectivity index (χ4n) is 3.77. The molecule has 0 spiro atoms. The SMILES string of the molecule is COc1ccc(-c2nnc(SCC(=O)N3CCCc4ccccc43)n2C(C)C)cc1. The fraction of sp³-hybridized carbons (Fsp3) is 0.348. The summed E-state index contributed by atoms with van der Waals surface area (Å²) in [5, 5.41) is 9.57. The summed E-state index contributed by atoms with van der Waals surface area (Å²) in [5.74, 6) is 2.04. The highest BCUT2D eigenvalue weighted by Crippen LogP contribution is 2.31. The molecule has 6 nitrogen and oxygen atoms in total. The van der Waals surface area contributed by atoms with Gasteiger partial charge >= 0.3 is 0 Å². The maximum Gasteiger partial charge on any atom is 0.237 e. The van der Waals surface area contributed by atoms with Gasteiger partial charge in [0.15, 0.2) is 11.0 Å². The number of aryl methyl sites for hydroxylation is 1. The van der Waals surface area contributed by atoms with Gasteiger partial charge in [0.1, 0.15) is 5.75 Å². The number of thioether (sulfide) groups is 1. The van der Waals surface area contributed by atoms with Gasteiger partial charge in [-0.15, -0.1) is 10.2 Å². The standard InChI is InChI=1S/C23H26N4O2S/c1-16(2)27-22(18-10-12-19(29-3)13-11-18)24-25-23(27)30-15-21(28)26-14-6-8-17-7-4-5-9-20(17)26/h4-5,7,9-13,16H,6,8,14-15H2,1-3H3. The Labute approximate surface area is 181 Å². The number of ether oxygens (including phenoxy) is 1. The molecule has 0 saturated carbocycles. The highest BCUT2D eigenvalue weighted by molar-refractivity contribution is 7.99. The second-order valence-corrected chi connectivity index (χ2v) is 8.51. The number of rotatable bonds is 6. The lowest BCUT2D eigenvalue weighted by molar-refractivity contribution is -0.116. The Kier molecular flexibility index (Phi) is 6.08. The van der Waals surface area contributed by atoms with Crippen LogP contribution in [0.2, 0.25) is 0 Å². The smallest absolute Gasteiger partial charge is 0.237 e. The predicted octanol–water partition coefficient (Wildman–Crippen LogP) is 4.61. The van der Waals surface area contributed by atoms with Crippen LogP contribution in [-0.4, -0.2) is 40.1 Å². The topological polar surface area (TPSA) is 60.3 Å². The van der Waals surface area contributed by atoms with Crippen molar-refractivity contribution < 1.29 is 9.53 Å². The molecule has 0 saturated heterocycles. The molecule has 0 radical (unpaired) electrons. The first-order valence-corrected chi connectivity index (χ1v) is 11.2. The number of aromatic nitrogens is 3. The Morgan fingerprint density at radius 3 is 2.63 bits per heavy atom. The summed E-state index contributed by atoms with van der Waals surface area (Å²) >= 11 is 1.45. The van der Waals surface area contributed by atoms with Crippen LogP contribution < -0.4 is 9.64 Å². The third-order valence-electron chi connectivity index (χ3n) is 5.27. The number of carbonyl (C=O) groups excluding carboxylic acids is 1. The van der Waals surface area contributed by atoms with Gasteiger partial charge in [-0.1, -0.05) is 30.0 Å². The monoisotopic (exact) mass is 422 g/mol. The van der Waals surface area contributed by atoms with E-state index in [1.165, 1.54) is 17.3 Å². The van der Waals surface area contributed by atoms with Crippen molar-refractivity contribution in [3.05, 3.63) is 54.1 Å². The van der Waals surface area contributed by atoms with Gasteiger partial charge in [0.25, 0.3) is 0 Å². The molecule has 0 atom stereocenters. The Morgan fingerprint density at radius 2 is 1.90 bits per heavy atom. The summed E-state index contributed by atoms with van der Waals surface area (Å²) in [7, 11) is 1.65. The maximum absolute atomic E-state index is 13.0. The molecule has 4 rings (SSSR count). The maximum atomic E-state index is 13.0. The van der Waals surface area contributed by atoms with Crippen LogP contribution in [0.4, 0.5) is 5.69 Å². The van der Waals surface area contributed by atoms with Gasteiger partial charge < -0.3 is 9.64 Å². The molecule has 1 aliphatic rings. The molecule has 0 fully saturated rings. The third-order valence-corrected chi connectivity index (χ3v) is 6.19. The molecule has 3 aromatic rings. The quantitative estimate of drug-likeness (QED) is 0.543. The van der Waals surface area contributed by atoms with Crippen molar-refractivity contribution in [1.29, 1.82) is 0 Å². The van der Waals surface area contributed by atoms with E-state index in [4.69, 9.17) is 4.74 Å². The van der Waals surface area contributed by atoms with E-state index in [-0.39, 0.29) is 11.9 Å². The van der Waals surface area contributed by atoms with Crippen molar-refractivity contribution >= 4 is 23.4 Å². The summed E-state index contributed by atoms with van der Waals surface area (Å²) in [5.41, 5.74) is 3.26. The number of nitrogens with zero attached hydrogens (tertiary/aromatic N) is 4. The largest absolute Gasteiger partial charge is 0.497 e. The average Bonchev–Trinajstić information content (AvgIpc) is 3.21. The normalized spacial score (nSPS) is 13.4. The first kappa shape index (κ1) is 20.5. The van der Waals surface area contributed by atoms with Crippen molar-refractivity contribution in [1.82, 2.24) is 14.8 Å². The third kappa shape index (κ3) is 4.07. The molecule has 1 amide bonds. The van der Waals surface area contributed by atoms with Gasteiger partial charge in [0, 0.05) is 23.8 Å². The van der Waals surface area contributed by atoms with Crippen molar-refractivity contribution in [2.24, 2.45) is 0 Å². The minimum atomic E-state index is 0.108. The molecule has 30 heavy (non-hydrogen) atoms. The molecule has 0 bridgehead atoms. The number of hydrogen-bond acceptors (Lipinski definition) is 5. The Morgan fingerprint density at radius 1 is 1.13 bits per heavy atom. The van der Waals surface area contributed by atoms with Crippen LogP contribution in [0.15, 0.2) is 53.7 Å². The zero-order valence-electron chi connectivity index (χ0n) is 17.5. The number of amides is 1. The zero-order chi connectivity index (χ0) is 21.1. The lowest BCUT2D eigenvalue weighted by Crippen LogP contribution is -2.36. The highest BCUT2D eigenvalue weighted by Gasteiger charge is 2.24. The first-order chi connectivity index (χ1) is 14.6. The van der Waals surface area contributed by atoms with Gasteiger partial charge in [0.05, 0.1) is 12.9 Å². The molecule has 0 unspecified atom stereocenters. The molecule has 156 valence electrons. The summed E-state index contributed by atoms with van der Waals surface area (Å²) in [6.45, 7) is 4.97. The van der Waals surface area contributed by atoms with Gasteiger partial charge in [-0.05, 0) is 62.6 Å². The first-order valence-electron chi connectivity index (χ1n) is 10.2. The van der Waals surface area contributed by atoms with Crippen molar-refractivity contribution in [3.63, 3.8) is 0 Å². The minimum absolute atomic E-state index is 0.108. The fourth-order valence-corrected chi connectivity index (χ4v) is 4.72. The molecule has 2 aromatic carbocycles.